The maximum Gasteiger partial charge on any atom is 0.253 e. The van der Waals surface area contributed by atoms with E-state index in [0.717, 1.165) is 36.0 Å². The number of carbonyl (C=O) groups is 2. The van der Waals surface area contributed by atoms with Crippen molar-refractivity contribution in [2.24, 2.45) is 5.92 Å². The summed E-state index contributed by atoms with van der Waals surface area (Å²) >= 11 is 1.54. The average Bonchev–Trinajstić information content (AvgIpc) is 3.06. The van der Waals surface area contributed by atoms with Crippen LogP contribution in [0.15, 0.2) is 23.7 Å². The van der Waals surface area contributed by atoms with Crippen LogP contribution in [0.1, 0.15) is 36.5 Å². The van der Waals surface area contributed by atoms with Crippen molar-refractivity contribution in [2.75, 3.05) is 19.6 Å². The first-order valence-electron chi connectivity index (χ1n) is 8.09. The Labute approximate surface area is 139 Å². The molecular weight excluding hydrogens is 310 g/mol. The number of amides is 2. The number of piperidine rings is 1. The van der Waals surface area contributed by atoms with Gasteiger partial charge in [0.05, 0.1) is 15.7 Å². The van der Waals surface area contributed by atoms with Gasteiger partial charge in [0.2, 0.25) is 5.91 Å². The van der Waals surface area contributed by atoms with E-state index in [-0.39, 0.29) is 17.7 Å². The zero-order valence-corrected chi connectivity index (χ0v) is 14.1. The van der Waals surface area contributed by atoms with Gasteiger partial charge in [0.1, 0.15) is 0 Å². The molecule has 2 aromatic rings. The van der Waals surface area contributed by atoms with E-state index in [9.17, 15) is 9.59 Å². The number of carbonyl (C=O) groups excluding carboxylic acids is 2. The highest BCUT2D eigenvalue weighted by atomic mass is 32.1. The monoisotopic (exact) mass is 331 g/mol. The van der Waals surface area contributed by atoms with Crippen LogP contribution in [0.2, 0.25) is 0 Å². The standard InChI is InChI=1S/C17H21N3O2S/c1-2-7-18-16(21)12-5-8-20(9-6-12)17(22)13-3-4-14-15(10-13)23-11-19-14/h3-4,10-12H,2,5-9H2,1H3,(H,18,21). The molecule has 0 aliphatic carbocycles. The number of thiazole rings is 1. The molecular formula is C17H21N3O2S. The van der Waals surface area contributed by atoms with Gasteiger partial charge >= 0.3 is 0 Å². The summed E-state index contributed by atoms with van der Waals surface area (Å²) in [5.41, 5.74) is 3.42. The molecule has 0 unspecified atom stereocenters. The second kappa shape index (κ2) is 7.08. The van der Waals surface area contributed by atoms with Gasteiger partial charge in [-0.25, -0.2) is 4.98 Å². The van der Waals surface area contributed by atoms with Crippen molar-refractivity contribution in [1.82, 2.24) is 15.2 Å². The van der Waals surface area contributed by atoms with Gasteiger partial charge in [-0.2, -0.15) is 0 Å². The minimum absolute atomic E-state index is 0.0366. The smallest absolute Gasteiger partial charge is 0.253 e. The molecule has 5 nitrogen and oxygen atoms in total. The van der Waals surface area contributed by atoms with E-state index in [1.54, 1.807) is 16.8 Å². The highest BCUT2D eigenvalue weighted by Gasteiger charge is 2.27. The first-order chi connectivity index (χ1) is 11.2. The molecule has 1 aliphatic heterocycles. The molecule has 0 bridgehead atoms. The van der Waals surface area contributed by atoms with Crippen molar-refractivity contribution >= 4 is 33.4 Å². The number of hydrogen-bond acceptors (Lipinski definition) is 4. The molecule has 2 amide bonds. The zero-order chi connectivity index (χ0) is 16.2. The SMILES string of the molecule is CCCNC(=O)C1CCN(C(=O)c2ccc3ncsc3c2)CC1. The highest BCUT2D eigenvalue weighted by Crippen LogP contribution is 2.23. The third-order valence-electron chi connectivity index (χ3n) is 4.28. The van der Waals surface area contributed by atoms with Crippen LogP contribution in [0.4, 0.5) is 0 Å². The molecule has 1 N–H and O–H groups in total. The largest absolute Gasteiger partial charge is 0.356 e. The molecule has 23 heavy (non-hydrogen) atoms. The Hall–Kier alpha value is -1.95. The molecule has 0 saturated carbocycles. The van der Waals surface area contributed by atoms with E-state index in [1.165, 1.54) is 0 Å². The van der Waals surface area contributed by atoms with Crippen molar-refractivity contribution in [2.45, 2.75) is 26.2 Å². The number of fused-ring (bicyclic) bond motifs is 1. The third kappa shape index (κ3) is 3.52. The number of likely N-dealkylation sites (tertiary alicyclic amines) is 1. The Morgan fingerprint density at radius 3 is 2.87 bits per heavy atom. The molecule has 2 heterocycles. The van der Waals surface area contributed by atoms with Crippen LogP contribution < -0.4 is 5.32 Å². The molecule has 3 rings (SSSR count). The van der Waals surface area contributed by atoms with E-state index in [0.29, 0.717) is 18.7 Å². The summed E-state index contributed by atoms with van der Waals surface area (Å²) in [6.45, 7) is 4.06. The lowest BCUT2D eigenvalue weighted by Gasteiger charge is -2.31. The Morgan fingerprint density at radius 2 is 2.13 bits per heavy atom. The first-order valence-corrected chi connectivity index (χ1v) is 8.97. The molecule has 1 fully saturated rings. The summed E-state index contributed by atoms with van der Waals surface area (Å²) in [5.74, 6) is 0.215. The number of aromatic nitrogens is 1. The van der Waals surface area contributed by atoms with Crippen LogP contribution in [-0.4, -0.2) is 41.3 Å². The molecule has 1 aliphatic rings. The normalized spacial score (nSPS) is 15.8. The van der Waals surface area contributed by atoms with Crippen LogP contribution in [0.5, 0.6) is 0 Å². The lowest BCUT2D eigenvalue weighted by atomic mass is 9.95. The van der Waals surface area contributed by atoms with E-state index in [1.807, 2.05) is 30.0 Å². The lowest BCUT2D eigenvalue weighted by Crippen LogP contribution is -2.43. The van der Waals surface area contributed by atoms with Gasteiger partial charge in [-0.3, -0.25) is 9.59 Å². The summed E-state index contributed by atoms with van der Waals surface area (Å²) in [5, 5.41) is 2.95. The van der Waals surface area contributed by atoms with Crippen molar-refractivity contribution in [1.29, 1.82) is 0 Å². The minimum atomic E-state index is 0.0366. The molecule has 0 spiro atoms. The Kier molecular flexibility index (Phi) is 4.91. The Balaban J connectivity index is 1.60. The molecule has 0 atom stereocenters. The van der Waals surface area contributed by atoms with Gasteiger partial charge in [-0.1, -0.05) is 6.92 Å². The fraction of sp³-hybridized carbons (Fsp3) is 0.471. The molecule has 1 aromatic heterocycles. The molecule has 122 valence electrons. The van der Waals surface area contributed by atoms with E-state index >= 15 is 0 Å². The summed E-state index contributed by atoms with van der Waals surface area (Å²) in [4.78, 5) is 30.7. The van der Waals surface area contributed by atoms with Gasteiger partial charge in [-0.15, -0.1) is 11.3 Å². The third-order valence-corrected chi connectivity index (χ3v) is 5.07. The van der Waals surface area contributed by atoms with Crippen molar-refractivity contribution in [3.8, 4) is 0 Å². The van der Waals surface area contributed by atoms with Crippen molar-refractivity contribution < 1.29 is 9.59 Å². The van der Waals surface area contributed by atoms with Crippen LogP contribution in [-0.2, 0) is 4.79 Å². The second-order valence-electron chi connectivity index (χ2n) is 5.89. The molecule has 6 heteroatoms. The summed E-state index contributed by atoms with van der Waals surface area (Å²) < 4.78 is 1.03. The first kappa shape index (κ1) is 15.9. The van der Waals surface area contributed by atoms with E-state index < -0.39 is 0 Å². The maximum atomic E-state index is 12.6. The summed E-state index contributed by atoms with van der Waals surface area (Å²) in [6.07, 6.45) is 2.43. The van der Waals surface area contributed by atoms with Crippen LogP contribution in [0.3, 0.4) is 0 Å². The zero-order valence-electron chi connectivity index (χ0n) is 13.2. The number of nitrogens with one attached hydrogen (secondary N) is 1. The van der Waals surface area contributed by atoms with E-state index in [2.05, 4.69) is 10.3 Å². The van der Waals surface area contributed by atoms with Crippen LogP contribution in [0, 0.1) is 5.92 Å². The average molecular weight is 331 g/mol. The molecule has 1 saturated heterocycles. The Morgan fingerprint density at radius 1 is 1.35 bits per heavy atom. The van der Waals surface area contributed by atoms with Crippen molar-refractivity contribution in [3.05, 3.63) is 29.3 Å². The van der Waals surface area contributed by atoms with E-state index in [4.69, 9.17) is 0 Å². The quantitative estimate of drug-likeness (QED) is 0.937. The predicted octanol–water partition coefficient (Wildman–Crippen LogP) is 2.67. The van der Waals surface area contributed by atoms with Gasteiger partial charge in [0.15, 0.2) is 0 Å². The second-order valence-corrected chi connectivity index (χ2v) is 6.78. The van der Waals surface area contributed by atoms with Gasteiger partial charge < -0.3 is 10.2 Å². The van der Waals surface area contributed by atoms with Crippen LogP contribution in [0.25, 0.3) is 10.2 Å². The number of benzene rings is 1. The maximum absolute atomic E-state index is 12.6. The van der Waals surface area contributed by atoms with Crippen LogP contribution >= 0.6 is 11.3 Å². The highest BCUT2D eigenvalue weighted by molar-refractivity contribution is 7.16. The fourth-order valence-corrected chi connectivity index (χ4v) is 3.62. The number of nitrogens with zero attached hydrogens (tertiary/aromatic N) is 2. The summed E-state index contributed by atoms with van der Waals surface area (Å²) in [6, 6.07) is 5.64. The Bertz CT molecular complexity index is 705. The fourth-order valence-electron chi connectivity index (χ4n) is 2.91. The molecule has 1 aromatic carbocycles. The van der Waals surface area contributed by atoms with Gasteiger partial charge in [-0.05, 0) is 37.5 Å². The van der Waals surface area contributed by atoms with Gasteiger partial charge in [0.25, 0.3) is 5.91 Å². The van der Waals surface area contributed by atoms with Crippen molar-refractivity contribution in [3.63, 3.8) is 0 Å². The number of hydrogen-bond donors (Lipinski definition) is 1. The van der Waals surface area contributed by atoms with Gasteiger partial charge in [0, 0.05) is 31.1 Å². The summed E-state index contributed by atoms with van der Waals surface area (Å²) in [7, 11) is 0. The molecule has 0 radical (unpaired) electrons. The predicted molar refractivity (Wildman–Crippen MR) is 91.5 cm³/mol. The lowest BCUT2D eigenvalue weighted by molar-refractivity contribution is -0.126. The number of rotatable bonds is 4. The minimum Gasteiger partial charge on any atom is -0.356 e. The topological polar surface area (TPSA) is 62.3 Å².